The number of carbonyl (C=O) groups is 1. The normalized spacial score (nSPS) is 32.3. The molecule has 3 rings (SSSR count). The van der Waals surface area contributed by atoms with Crippen molar-refractivity contribution in [2.24, 2.45) is 17.8 Å². The lowest BCUT2D eigenvalue weighted by atomic mass is 9.88. The first-order valence-corrected chi connectivity index (χ1v) is 6.95. The fraction of sp³-hybridized carbons (Fsp3) is 0.667. The number of fused-ring (bicyclic) bond motifs is 1. The standard InChI is InChI=1S/C15H21NO.H2/c1-10-7-8-14(13-9-12(10)13)16-15(17)11-5-3-2-4-6-11;/h7-8,11-13H,2-6,9H2,1H3,(H,16,17);1H. The van der Waals surface area contributed by atoms with E-state index < -0.39 is 0 Å². The van der Waals surface area contributed by atoms with Crippen molar-refractivity contribution < 1.29 is 6.22 Å². The van der Waals surface area contributed by atoms with Gasteiger partial charge >= 0.3 is 0 Å². The molecule has 3 aliphatic rings. The molecular formula is C15H23NO. The molecule has 2 saturated carbocycles. The Morgan fingerprint density at radius 2 is 2.00 bits per heavy atom. The van der Waals surface area contributed by atoms with Crippen molar-refractivity contribution in [3.8, 4) is 0 Å². The van der Waals surface area contributed by atoms with Crippen molar-refractivity contribution in [2.45, 2.75) is 45.4 Å². The molecule has 1 N–H and O–H groups in total. The number of allylic oxidation sites excluding steroid dienone is 4. The topological polar surface area (TPSA) is 29.1 Å². The monoisotopic (exact) mass is 233 g/mol. The van der Waals surface area contributed by atoms with Crippen LogP contribution >= 0.6 is 0 Å². The molecule has 0 saturated heterocycles. The third kappa shape index (κ3) is 2.18. The Bertz CT molecular complexity index is 393. The van der Waals surface area contributed by atoms with Gasteiger partial charge in [-0.25, -0.2) is 0 Å². The summed E-state index contributed by atoms with van der Waals surface area (Å²) in [6.45, 7) is 2.20. The maximum absolute atomic E-state index is 12.1. The molecule has 1 amide bonds. The van der Waals surface area contributed by atoms with Gasteiger partial charge in [0.15, 0.2) is 0 Å². The minimum absolute atomic E-state index is 0. The van der Waals surface area contributed by atoms with Crippen LogP contribution in [0.1, 0.15) is 46.9 Å². The lowest BCUT2D eigenvalue weighted by Gasteiger charge is -2.22. The molecule has 2 fully saturated rings. The van der Waals surface area contributed by atoms with Gasteiger partial charge in [0.2, 0.25) is 5.91 Å². The van der Waals surface area contributed by atoms with E-state index in [9.17, 15) is 4.79 Å². The van der Waals surface area contributed by atoms with Crippen molar-refractivity contribution in [3.05, 3.63) is 23.4 Å². The third-order valence-electron chi connectivity index (χ3n) is 4.54. The zero-order valence-corrected chi connectivity index (χ0v) is 10.5. The summed E-state index contributed by atoms with van der Waals surface area (Å²) in [6, 6.07) is 0. The van der Waals surface area contributed by atoms with Crippen LogP contribution < -0.4 is 5.32 Å². The van der Waals surface area contributed by atoms with Crippen LogP contribution in [0.15, 0.2) is 23.4 Å². The Balaban J connectivity index is 0.00000120. The number of amides is 1. The van der Waals surface area contributed by atoms with Crippen LogP contribution in [0, 0.1) is 17.8 Å². The summed E-state index contributed by atoms with van der Waals surface area (Å²) in [5.74, 6) is 1.89. The molecule has 0 bridgehead atoms. The van der Waals surface area contributed by atoms with E-state index in [0.717, 1.165) is 18.8 Å². The van der Waals surface area contributed by atoms with Gasteiger partial charge in [-0.05, 0) is 38.2 Å². The molecule has 2 atom stereocenters. The highest BCUT2D eigenvalue weighted by Crippen LogP contribution is 2.50. The quantitative estimate of drug-likeness (QED) is 0.778. The molecule has 0 aliphatic heterocycles. The summed E-state index contributed by atoms with van der Waals surface area (Å²) in [7, 11) is 0. The number of rotatable bonds is 2. The van der Waals surface area contributed by atoms with E-state index in [0.29, 0.717) is 5.92 Å². The largest absolute Gasteiger partial charge is 0.329 e. The van der Waals surface area contributed by atoms with E-state index in [2.05, 4.69) is 24.4 Å². The number of hydrogen-bond acceptors (Lipinski definition) is 1. The van der Waals surface area contributed by atoms with E-state index in [-0.39, 0.29) is 13.3 Å². The predicted molar refractivity (Wildman–Crippen MR) is 70.3 cm³/mol. The summed E-state index contributed by atoms with van der Waals surface area (Å²) in [5, 5.41) is 3.18. The first kappa shape index (κ1) is 11.1. The molecule has 0 heterocycles. The van der Waals surface area contributed by atoms with Gasteiger partial charge in [0.25, 0.3) is 0 Å². The van der Waals surface area contributed by atoms with Gasteiger partial charge in [-0.15, -0.1) is 0 Å². The lowest BCUT2D eigenvalue weighted by molar-refractivity contribution is -0.125. The van der Waals surface area contributed by atoms with Crippen molar-refractivity contribution >= 4 is 5.91 Å². The van der Waals surface area contributed by atoms with Crippen molar-refractivity contribution in [2.75, 3.05) is 0 Å². The molecule has 0 radical (unpaired) electrons. The van der Waals surface area contributed by atoms with E-state index in [4.69, 9.17) is 0 Å². The van der Waals surface area contributed by atoms with Crippen LogP contribution in [0.5, 0.6) is 0 Å². The number of nitrogens with one attached hydrogen (secondary N) is 1. The highest BCUT2D eigenvalue weighted by molar-refractivity contribution is 5.80. The van der Waals surface area contributed by atoms with Crippen LogP contribution in [0.4, 0.5) is 0 Å². The zero-order valence-electron chi connectivity index (χ0n) is 10.5. The van der Waals surface area contributed by atoms with Gasteiger partial charge in [-0.3, -0.25) is 4.79 Å². The van der Waals surface area contributed by atoms with Gasteiger partial charge in [0.05, 0.1) is 0 Å². The minimum atomic E-state index is 0. The van der Waals surface area contributed by atoms with Crippen LogP contribution in [0.2, 0.25) is 0 Å². The maximum Gasteiger partial charge on any atom is 0.227 e. The SMILES string of the molecule is CC1=CC=C(NC(=O)C2CCCCC2)C2CC12.[HH]. The molecule has 17 heavy (non-hydrogen) atoms. The maximum atomic E-state index is 12.1. The van der Waals surface area contributed by atoms with Crippen molar-refractivity contribution in [1.82, 2.24) is 5.32 Å². The van der Waals surface area contributed by atoms with Gasteiger partial charge in [-0.1, -0.05) is 30.9 Å². The van der Waals surface area contributed by atoms with Crippen LogP contribution in [0.3, 0.4) is 0 Å². The molecule has 0 aromatic rings. The number of carbonyl (C=O) groups excluding carboxylic acids is 1. The van der Waals surface area contributed by atoms with E-state index >= 15 is 0 Å². The van der Waals surface area contributed by atoms with Crippen molar-refractivity contribution in [1.29, 1.82) is 0 Å². The average molecular weight is 233 g/mol. The Hall–Kier alpha value is -1.05. The first-order chi connectivity index (χ1) is 8.25. The highest BCUT2D eigenvalue weighted by Gasteiger charge is 2.43. The Morgan fingerprint density at radius 3 is 2.76 bits per heavy atom. The second-order valence-corrected chi connectivity index (χ2v) is 5.81. The molecule has 94 valence electrons. The highest BCUT2D eigenvalue weighted by atomic mass is 16.1. The van der Waals surface area contributed by atoms with E-state index in [1.165, 1.54) is 37.0 Å². The molecular weight excluding hydrogens is 210 g/mol. The predicted octanol–water partition coefficient (Wildman–Crippen LogP) is 3.41. The molecule has 2 heteroatoms. The van der Waals surface area contributed by atoms with Crippen LogP contribution in [-0.4, -0.2) is 5.91 Å². The lowest BCUT2D eigenvalue weighted by Crippen LogP contribution is -2.32. The van der Waals surface area contributed by atoms with Gasteiger partial charge in [0.1, 0.15) is 0 Å². The Kier molecular flexibility index (Phi) is 2.81. The Morgan fingerprint density at radius 1 is 1.24 bits per heavy atom. The molecule has 3 aliphatic carbocycles. The summed E-state index contributed by atoms with van der Waals surface area (Å²) in [6.07, 6.45) is 11.4. The number of hydrogen-bond donors (Lipinski definition) is 1. The fourth-order valence-electron chi connectivity index (χ4n) is 3.25. The summed E-state index contributed by atoms with van der Waals surface area (Å²) in [4.78, 5) is 12.1. The smallest absolute Gasteiger partial charge is 0.227 e. The van der Waals surface area contributed by atoms with Gasteiger partial charge < -0.3 is 5.32 Å². The summed E-state index contributed by atoms with van der Waals surface area (Å²) >= 11 is 0. The summed E-state index contributed by atoms with van der Waals surface area (Å²) in [5.41, 5.74) is 2.65. The first-order valence-electron chi connectivity index (χ1n) is 6.95. The molecule has 0 aromatic heterocycles. The van der Waals surface area contributed by atoms with E-state index in [1.54, 1.807) is 0 Å². The fourth-order valence-corrected chi connectivity index (χ4v) is 3.25. The molecule has 2 nitrogen and oxygen atoms in total. The van der Waals surface area contributed by atoms with Crippen LogP contribution in [-0.2, 0) is 4.79 Å². The minimum Gasteiger partial charge on any atom is -0.329 e. The van der Waals surface area contributed by atoms with Gasteiger partial charge in [0, 0.05) is 19.0 Å². The second-order valence-electron chi connectivity index (χ2n) is 5.81. The Labute approximate surface area is 105 Å². The molecule has 0 aromatic carbocycles. The van der Waals surface area contributed by atoms with E-state index in [1.807, 2.05) is 0 Å². The average Bonchev–Trinajstić information content (AvgIpc) is 3.15. The zero-order chi connectivity index (χ0) is 11.8. The summed E-state index contributed by atoms with van der Waals surface area (Å²) < 4.78 is 0. The second kappa shape index (κ2) is 4.32. The van der Waals surface area contributed by atoms with Crippen LogP contribution in [0.25, 0.3) is 0 Å². The molecule has 0 spiro atoms. The van der Waals surface area contributed by atoms with Crippen molar-refractivity contribution in [3.63, 3.8) is 0 Å². The van der Waals surface area contributed by atoms with Gasteiger partial charge in [-0.2, -0.15) is 0 Å². The molecule has 2 unspecified atom stereocenters. The third-order valence-corrected chi connectivity index (χ3v) is 4.54.